The highest BCUT2D eigenvalue weighted by Crippen LogP contribution is 2.33. The molecule has 1 aliphatic heterocycles. The third-order valence-corrected chi connectivity index (χ3v) is 4.32. The van der Waals surface area contributed by atoms with E-state index in [0.29, 0.717) is 18.5 Å². The first-order valence-corrected chi connectivity index (χ1v) is 7.07. The van der Waals surface area contributed by atoms with Gasteiger partial charge in [-0.1, -0.05) is 34.1 Å². The number of carboxylic acid groups (broad SMARTS) is 1. The summed E-state index contributed by atoms with van der Waals surface area (Å²) in [7, 11) is 0. The van der Waals surface area contributed by atoms with Gasteiger partial charge in [-0.2, -0.15) is 0 Å². The van der Waals surface area contributed by atoms with Gasteiger partial charge in [-0.25, -0.2) is 9.59 Å². The van der Waals surface area contributed by atoms with Gasteiger partial charge in [0.2, 0.25) is 0 Å². The summed E-state index contributed by atoms with van der Waals surface area (Å²) in [5, 5.41) is 11.7. The monoisotopic (exact) mass is 270 g/mol. The minimum atomic E-state index is -0.973. The molecule has 0 radical (unpaired) electrons. The minimum Gasteiger partial charge on any atom is -0.480 e. The van der Waals surface area contributed by atoms with E-state index in [1.807, 2.05) is 0 Å². The molecular formula is C14H26N2O3. The quantitative estimate of drug-likeness (QED) is 0.823. The summed E-state index contributed by atoms with van der Waals surface area (Å²) in [6, 6.07) is -1.06. The second-order valence-corrected chi connectivity index (χ2v) is 6.16. The van der Waals surface area contributed by atoms with Gasteiger partial charge in [0.25, 0.3) is 0 Å². The van der Waals surface area contributed by atoms with Crippen molar-refractivity contribution in [2.24, 2.45) is 11.3 Å². The first-order valence-electron chi connectivity index (χ1n) is 7.07. The number of rotatable bonds is 4. The van der Waals surface area contributed by atoms with Gasteiger partial charge < -0.3 is 15.3 Å². The number of likely N-dealkylation sites (tertiary alicyclic amines) is 1. The molecule has 1 atom stereocenters. The van der Waals surface area contributed by atoms with Crippen LogP contribution in [0, 0.1) is 11.3 Å². The fourth-order valence-electron chi connectivity index (χ4n) is 2.34. The van der Waals surface area contributed by atoms with E-state index in [1.54, 1.807) is 18.7 Å². The summed E-state index contributed by atoms with van der Waals surface area (Å²) in [5.41, 5.74) is 0.320. The smallest absolute Gasteiger partial charge is 0.326 e. The van der Waals surface area contributed by atoms with Crippen molar-refractivity contribution in [1.82, 2.24) is 10.2 Å². The molecule has 0 bridgehead atoms. The van der Waals surface area contributed by atoms with Gasteiger partial charge in [0.05, 0.1) is 0 Å². The predicted molar refractivity (Wildman–Crippen MR) is 74.0 cm³/mol. The van der Waals surface area contributed by atoms with Crippen molar-refractivity contribution < 1.29 is 14.7 Å². The Morgan fingerprint density at radius 3 is 2.21 bits per heavy atom. The van der Waals surface area contributed by atoms with E-state index in [-0.39, 0.29) is 11.9 Å². The maximum Gasteiger partial charge on any atom is 0.326 e. The first kappa shape index (κ1) is 15.8. The van der Waals surface area contributed by atoms with Crippen LogP contribution in [0.4, 0.5) is 4.79 Å². The van der Waals surface area contributed by atoms with E-state index in [1.165, 1.54) is 0 Å². The van der Waals surface area contributed by atoms with Crippen LogP contribution in [0.25, 0.3) is 0 Å². The summed E-state index contributed by atoms with van der Waals surface area (Å²) in [6.45, 7) is 9.43. The summed E-state index contributed by atoms with van der Waals surface area (Å²) in [5.74, 6) is -1.09. The molecule has 1 aliphatic rings. The molecule has 2 N–H and O–H groups in total. The number of hydrogen-bond acceptors (Lipinski definition) is 2. The van der Waals surface area contributed by atoms with E-state index in [4.69, 9.17) is 5.11 Å². The lowest BCUT2D eigenvalue weighted by Gasteiger charge is -2.39. The molecule has 0 aromatic heterocycles. The molecule has 0 unspecified atom stereocenters. The standard InChI is InChI=1S/C14H26N2O3/c1-5-14(4)6-8-16(9-7-14)13(19)15-11(10(2)3)12(17)18/h10-11H,5-9H2,1-4H3,(H,15,19)(H,17,18)/t11-/m0/s1. The van der Waals surface area contributed by atoms with Gasteiger partial charge in [0.15, 0.2) is 0 Å². The maximum absolute atomic E-state index is 12.1. The maximum atomic E-state index is 12.1. The Kier molecular flexibility index (Phi) is 5.20. The number of carbonyl (C=O) groups is 2. The highest BCUT2D eigenvalue weighted by molar-refractivity contribution is 5.82. The van der Waals surface area contributed by atoms with Crippen LogP contribution in [-0.2, 0) is 4.79 Å². The highest BCUT2D eigenvalue weighted by atomic mass is 16.4. The Hall–Kier alpha value is -1.26. The number of carbonyl (C=O) groups excluding carboxylic acids is 1. The molecule has 1 rings (SSSR count). The average molecular weight is 270 g/mol. The van der Waals surface area contributed by atoms with Gasteiger partial charge in [0.1, 0.15) is 6.04 Å². The van der Waals surface area contributed by atoms with Gasteiger partial charge in [-0.05, 0) is 24.2 Å². The lowest BCUT2D eigenvalue weighted by molar-refractivity contribution is -0.140. The zero-order valence-electron chi connectivity index (χ0n) is 12.4. The van der Waals surface area contributed by atoms with Gasteiger partial charge >= 0.3 is 12.0 Å². The summed E-state index contributed by atoms with van der Waals surface area (Å²) >= 11 is 0. The Morgan fingerprint density at radius 2 is 1.84 bits per heavy atom. The van der Waals surface area contributed by atoms with E-state index in [2.05, 4.69) is 19.2 Å². The molecule has 2 amide bonds. The molecule has 19 heavy (non-hydrogen) atoms. The summed E-state index contributed by atoms with van der Waals surface area (Å²) < 4.78 is 0. The SMILES string of the molecule is CCC1(C)CCN(C(=O)N[C@H](C(=O)O)C(C)C)CC1. The fourth-order valence-corrected chi connectivity index (χ4v) is 2.34. The van der Waals surface area contributed by atoms with Gasteiger partial charge in [0, 0.05) is 13.1 Å². The van der Waals surface area contributed by atoms with Crippen molar-refractivity contribution in [1.29, 1.82) is 0 Å². The number of nitrogens with zero attached hydrogens (tertiary/aromatic N) is 1. The Morgan fingerprint density at radius 1 is 1.32 bits per heavy atom. The molecule has 5 heteroatoms. The Balaban J connectivity index is 2.54. The van der Waals surface area contributed by atoms with Crippen LogP contribution in [0.15, 0.2) is 0 Å². The minimum absolute atomic E-state index is 0.118. The van der Waals surface area contributed by atoms with Crippen molar-refractivity contribution >= 4 is 12.0 Å². The largest absolute Gasteiger partial charge is 0.480 e. The van der Waals surface area contributed by atoms with Crippen molar-refractivity contribution in [3.8, 4) is 0 Å². The van der Waals surface area contributed by atoms with E-state index in [0.717, 1.165) is 19.3 Å². The number of nitrogens with one attached hydrogen (secondary N) is 1. The Bertz CT molecular complexity index is 334. The number of hydrogen-bond donors (Lipinski definition) is 2. The molecule has 1 fully saturated rings. The Labute approximate surface area is 115 Å². The van der Waals surface area contributed by atoms with Crippen LogP contribution >= 0.6 is 0 Å². The normalized spacial score (nSPS) is 20.2. The lowest BCUT2D eigenvalue weighted by Crippen LogP contribution is -2.52. The second-order valence-electron chi connectivity index (χ2n) is 6.16. The van der Waals surface area contributed by atoms with E-state index in [9.17, 15) is 9.59 Å². The van der Waals surface area contributed by atoms with Crippen molar-refractivity contribution in [2.45, 2.75) is 53.0 Å². The molecule has 0 aromatic carbocycles. The molecule has 0 aromatic rings. The number of amides is 2. The number of urea groups is 1. The van der Waals surface area contributed by atoms with Crippen LogP contribution in [0.5, 0.6) is 0 Å². The van der Waals surface area contributed by atoms with Crippen LogP contribution in [0.2, 0.25) is 0 Å². The summed E-state index contributed by atoms with van der Waals surface area (Å²) in [6.07, 6.45) is 3.08. The lowest BCUT2D eigenvalue weighted by atomic mass is 9.78. The fraction of sp³-hybridized carbons (Fsp3) is 0.857. The van der Waals surface area contributed by atoms with Crippen LogP contribution in [0.1, 0.15) is 47.0 Å². The second kappa shape index (κ2) is 6.26. The predicted octanol–water partition coefficient (Wildman–Crippen LogP) is 2.32. The first-order chi connectivity index (χ1) is 8.79. The van der Waals surface area contributed by atoms with E-state index >= 15 is 0 Å². The van der Waals surface area contributed by atoms with Crippen LogP contribution in [-0.4, -0.2) is 41.1 Å². The average Bonchev–Trinajstić information content (AvgIpc) is 2.35. The summed E-state index contributed by atoms with van der Waals surface area (Å²) in [4.78, 5) is 24.9. The molecule has 1 saturated heterocycles. The van der Waals surface area contributed by atoms with E-state index < -0.39 is 12.0 Å². The third kappa shape index (κ3) is 4.11. The van der Waals surface area contributed by atoms with Gasteiger partial charge in [-0.15, -0.1) is 0 Å². The van der Waals surface area contributed by atoms with Crippen molar-refractivity contribution in [2.75, 3.05) is 13.1 Å². The van der Waals surface area contributed by atoms with Crippen molar-refractivity contribution in [3.63, 3.8) is 0 Å². The van der Waals surface area contributed by atoms with Crippen LogP contribution in [0.3, 0.4) is 0 Å². The van der Waals surface area contributed by atoms with Crippen molar-refractivity contribution in [3.05, 3.63) is 0 Å². The molecule has 0 spiro atoms. The molecule has 5 nitrogen and oxygen atoms in total. The zero-order valence-corrected chi connectivity index (χ0v) is 12.4. The third-order valence-electron chi connectivity index (χ3n) is 4.32. The number of aliphatic carboxylic acids is 1. The molecule has 1 heterocycles. The number of piperidine rings is 1. The zero-order chi connectivity index (χ0) is 14.6. The molecule has 0 aliphatic carbocycles. The van der Waals surface area contributed by atoms with Gasteiger partial charge in [-0.3, -0.25) is 0 Å². The topological polar surface area (TPSA) is 69.6 Å². The molecule has 0 saturated carbocycles. The molecule has 110 valence electrons. The number of carboxylic acids is 1. The highest BCUT2D eigenvalue weighted by Gasteiger charge is 2.32. The molecular weight excluding hydrogens is 244 g/mol. The van der Waals surface area contributed by atoms with Crippen LogP contribution < -0.4 is 5.32 Å².